The standard InChI is InChI=1S/C10H16N2O.C2H6/c1-2-9(13)12-7-10(8-12)4-3-5-11-6-10;1-2/h2,11H,1,3-8H2;1-2H3. The van der Waals surface area contributed by atoms with Crippen LogP contribution in [0.4, 0.5) is 0 Å². The van der Waals surface area contributed by atoms with E-state index in [1.165, 1.54) is 18.9 Å². The fraction of sp³-hybridized carbons (Fsp3) is 0.750. The molecule has 2 fully saturated rings. The summed E-state index contributed by atoms with van der Waals surface area (Å²) in [6.07, 6.45) is 3.92. The summed E-state index contributed by atoms with van der Waals surface area (Å²) in [6.45, 7) is 11.5. The second-order valence-electron chi connectivity index (χ2n) is 4.18. The number of piperidine rings is 1. The van der Waals surface area contributed by atoms with E-state index in [1.54, 1.807) is 0 Å². The molecule has 2 aliphatic heterocycles. The first kappa shape index (κ1) is 12.2. The number of likely N-dealkylation sites (tertiary alicyclic amines) is 1. The first-order chi connectivity index (χ1) is 7.26. The molecule has 3 nitrogen and oxygen atoms in total. The molecule has 15 heavy (non-hydrogen) atoms. The molecule has 0 aromatic carbocycles. The lowest BCUT2D eigenvalue weighted by atomic mass is 9.74. The topological polar surface area (TPSA) is 32.3 Å². The number of amides is 1. The van der Waals surface area contributed by atoms with Crippen molar-refractivity contribution < 1.29 is 4.79 Å². The maximum absolute atomic E-state index is 11.2. The van der Waals surface area contributed by atoms with Crippen LogP contribution in [-0.4, -0.2) is 37.0 Å². The Kier molecular flexibility index (Phi) is 4.33. The first-order valence-corrected chi connectivity index (χ1v) is 5.88. The van der Waals surface area contributed by atoms with Crippen molar-refractivity contribution in [3.05, 3.63) is 12.7 Å². The van der Waals surface area contributed by atoms with Crippen molar-refractivity contribution in [1.29, 1.82) is 0 Å². The molecule has 2 saturated heterocycles. The van der Waals surface area contributed by atoms with Crippen LogP contribution < -0.4 is 5.32 Å². The summed E-state index contributed by atoms with van der Waals surface area (Å²) in [5, 5.41) is 3.39. The fourth-order valence-corrected chi connectivity index (χ4v) is 2.35. The Hall–Kier alpha value is -0.830. The van der Waals surface area contributed by atoms with E-state index < -0.39 is 0 Å². The molecule has 0 radical (unpaired) electrons. The third-order valence-electron chi connectivity index (χ3n) is 3.10. The van der Waals surface area contributed by atoms with Crippen molar-refractivity contribution in [1.82, 2.24) is 10.2 Å². The van der Waals surface area contributed by atoms with Gasteiger partial charge in [0.25, 0.3) is 0 Å². The second-order valence-corrected chi connectivity index (χ2v) is 4.18. The number of carbonyl (C=O) groups is 1. The third-order valence-corrected chi connectivity index (χ3v) is 3.10. The Labute approximate surface area is 92.5 Å². The maximum Gasteiger partial charge on any atom is 0.245 e. The molecule has 86 valence electrons. The van der Waals surface area contributed by atoms with Gasteiger partial charge in [0.05, 0.1) is 0 Å². The molecular weight excluding hydrogens is 188 g/mol. The predicted octanol–water partition coefficient (Wildman–Crippen LogP) is 1.41. The van der Waals surface area contributed by atoms with E-state index in [4.69, 9.17) is 0 Å². The van der Waals surface area contributed by atoms with Gasteiger partial charge in [0.1, 0.15) is 0 Å². The van der Waals surface area contributed by atoms with Gasteiger partial charge in [0.15, 0.2) is 0 Å². The molecule has 0 aliphatic carbocycles. The summed E-state index contributed by atoms with van der Waals surface area (Å²) in [5.41, 5.74) is 0.400. The highest BCUT2D eigenvalue weighted by Gasteiger charge is 2.44. The lowest BCUT2D eigenvalue weighted by Gasteiger charge is -2.52. The van der Waals surface area contributed by atoms with E-state index in [0.717, 1.165) is 26.2 Å². The van der Waals surface area contributed by atoms with Crippen LogP contribution in [0.15, 0.2) is 12.7 Å². The van der Waals surface area contributed by atoms with E-state index in [-0.39, 0.29) is 5.91 Å². The number of rotatable bonds is 1. The molecule has 0 aromatic heterocycles. The molecule has 3 heteroatoms. The van der Waals surface area contributed by atoms with Gasteiger partial charge in [-0.2, -0.15) is 0 Å². The lowest BCUT2D eigenvalue weighted by Crippen LogP contribution is -2.63. The van der Waals surface area contributed by atoms with Gasteiger partial charge in [0, 0.05) is 25.0 Å². The van der Waals surface area contributed by atoms with Crippen LogP contribution in [0.5, 0.6) is 0 Å². The average Bonchev–Trinajstić information content (AvgIpc) is 2.28. The number of hydrogen-bond acceptors (Lipinski definition) is 2. The van der Waals surface area contributed by atoms with Gasteiger partial charge in [-0.15, -0.1) is 0 Å². The highest BCUT2D eigenvalue weighted by molar-refractivity contribution is 5.87. The molecule has 0 aromatic rings. The Bertz CT molecular complexity index is 224. The molecule has 0 saturated carbocycles. The molecule has 0 atom stereocenters. The van der Waals surface area contributed by atoms with Gasteiger partial charge in [-0.25, -0.2) is 0 Å². The van der Waals surface area contributed by atoms with Gasteiger partial charge < -0.3 is 10.2 Å². The van der Waals surface area contributed by atoms with Crippen LogP contribution in [0.25, 0.3) is 0 Å². The Morgan fingerprint density at radius 3 is 2.60 bits per heavy atom. The molecule has 2 rings (SSSR count). The summed E-state index contributed by atoms with van der Waals surface area (Å²) in [7, 11) is 0. The average molecular weight is 210 g/mol. The number of nitrogens with zero attached hydrogens (tertiary/aromatic N) is 1. The van der Waals surface area contributed by atoms with E-state index in [2.05, 4.69) is 11.9 Å². The Morgan fingerprint density at radius 1 is 1.47 bits per heavy atom. The lowest BCUT2D eigenvalue weighted by molar-refractivity contribution is -0.138. The summed E-state index contributed by atoms with van der Waals surface area (Å²) < 4.78 is 0. The van der Waals surface area contributed by atoms with Crippen LogP contribution in [0.3, 0.4) is 0 Å². The zero-order valence-electron chi connectivity index (χ0n) is 9.88. The number of nitrogens with one attached hydrogen (secondary N) is 1. The summed E-state index contributed by atoms with van der Waals surface area (Å²) in [5.74, 6) is 0.0798. The van der Waals surface area contributed by atoms with Crippen molar-refractivity contribution in [2.45, 2.75) is 26.7 Å². The van der Waals surface area contributed by atoms with Crippen LogP contribution >= 0.6 is 0 Å². The zero-order chi connectivity index (χ0) is 11.3. The second kappa shape index (κ2) is 5.31. The van der Waals surface area contributed by atoms with Crippen LogP contribution in [0, 0.1) is 5.41 Å². The molecular formula is C12H22N2O. The minimum absolute atomic E-state index is 0.0798. The molecule has 1 amide bonds. The van der Waals surface area contributed by atoms with Crippen LogP contribution in [-0.2, 0) is 4.79 Å². The molecule has 1 N–H and O–H groups in total. The van der Waals surface area contributed by atoms with E-state index in [0.29, 0.717) is 5.41 Å². The van der Waals surface area contributed by atoms with Crippen molar-refractivity contribution in [3.8, 4) is 0 Å². The van der Waals surface area contributed by atoms with Gasteiger partial charge in [-0.1, -0.05) is 20.4 Å². The highest BCUT2D eigenvalue weighted by atomic mass is 16.2. The summed E-state index contributed by atoms with van der Waals surface area (Å²) >= 11 is 0. The minimum Gasteiger partial charge on any atom is -0.338 e. The Balaban J connectivity index is 0.000000531. The van der Waals surface area contributed by atoms with Gasteiger partial charge in [0.2, 0.25) is 5.91 Å². The normalized spacial score (nSPS) is 22.4. The van der Waals surface area contributed by atoms with Gasteiger partial charge in [-0.05, 0) is 25.5 Å². The fourth-order valence-electron chi connectivity index (χ4n) is 2.35. The van der Waals surface area contributed by atoms with E-state index in [9.17, 15) is 4.79 Å². The maximum atomic E-state index is 11.2. The quantitative estimate of drug-likeness (QED) is 0.664. The van der Waals surface area contributed by atoms with E-state index in [1.807, 2.05) is 18.7 Å². The third kappa shape index (κ3) is 2.59. The number of hydrogen-bond donors (Lipinski definition) is 1. The van der Waals surface area contributed by atoms with Crippen molar-refractivity contribution in [2.24, 2.45) is 5.41 Å². The molecule has 2 aliphatic rings. The molecule has 0 unspecified atom stereocenters. The van der Waals surface area contributed by atoms with Crippen LogP contribution in [0.1, 0.15) is 26.7 Å². The van der Waals surface area contributed by atoms with Crippen molar-refractivity contribution >= 4 is 5.91 Å². The van der Waals surface area contributed by atoms with Crippen LogP contribution in [0.2, 0.25) is 0 Å². The molecule has 1 spiro atoms. The largest absolute Gasteiger partial charge is 0.338 e. The summed E-state index contributed by atoms with van der Waals surface area (Å²) in [6, 6.07) is 0. The predicted molar refractivity (Wildman–Crippen MR) is 62.7 cm³/mol. The van der Waals surface area contributed by atoms with E-state index >= 15 is 0 Å². The SMILES string of the molecule is C=CC(=O)N1CC2(CCCNC2)C1.CC. The first-order valence-electron chi connectivity index (χ1n) is 5.88. The minimum atomic E-state index is 0.0798. The van der Waals surface area contributed by atoms with Crippen molar-refractivity contribution in [3.63, 3.8) is 0 Å². The van der Waals surface area contributed by atoms with Crippen molar-refractivity contribution in [2.75, 3.05) is 26.2 Å². The molecule has 2 heterocycles. The summed E-state index contributed by atoms with van der Waals surface area (Å²) in [4.78, 5) is 13.1. The van der Waals surface area contributed by atoms with Gasteiger partial charge in [-0.3, -0.25) is 4.79 Å². The highest BCUT2D eigenvalue weighted by Crippen LogP contribution is 2.36. The molecule has 0 bridgehead atoms. The number of carbonyl (C=O) groups excluding carboxylic acids is 1. The zero-order valence-corrected chi connectivity index (χ0v) is 9.88. The smallest absolute Gasteiger partial charge is 0.245 e. The van der Waals surface area contributed by atoms with Gasteiger partial charge >= 0.3 is 0 Å². The monoisotopic (exact) mass is 210 g/mol. The Morgan fingerprint density at radius 2 is 2.13 bits per heavy atom.